The van der Waals surface area contributed by atoms with Crippen LogP contribution in [-0.4, -0.2) is 40.8 Å². The fourth-order valence-corrected chi connectivity index (χ4v) is 3.07. The molecule has 0 bridgehead atoms. The van der Waals surface area contributed by atoms with Crippen molar-refractivity contribution < 1.29 is 19.4 Å². The van der Waals surface area contributed by atoms with E-state index in [1.165, 1.54) is 14.0 Å². The van der Waals surface area contributed by atoms with Gasteiger partial charge in [-0.1, -0.05) is 18.2 Å². The lowest BCUT2D eigenvalue weighted by Crippen LogP contribution is -2.56. The molecule has 1 amide bonds. The highest BCUT2D eigenvalue weighted by atomic mass is 79.9. The van der Waals surface area contributed by atoms with Crippen molar-refractivity contribution in [1.29, 1.82) is 0 Å². The number of carbonyl (C=O) groups excluding carboxylic acids is 1. The SMILES string of the molecule is COCC(C)(NC(=O)Cn1c(C)c(Br)c2ccccc21)C(=O)O. The average Bonchev–Trinajstić information content (AvgIpc) is 2.73. The van der Waals surface area contributed by atoms with Gasteiger partial charge in [0.15, 0.2) is 5.54 Å². The van der Waals surface area contributed by atoms with Gasteiger partial charge in [0.2, 0.25) is 5.91 Å². The van der Waals surface area contributed by atoms with Crippen molar-refractivity contribution in [2.75, 3.05) is 13.7 Å². The van der Waals surface area contributed by atoms with Crippen LogP contribution >= 0.6 is 15.9 Å². The summed E-state index contributed by atoms with van der Waals surface area (Å²) in [6, 6.07) is 7.71. The maximum atomic E-state index is 12.3. The molecule has 1 unspecified atom stereocenters. The molecule has 0 radical (unpaired) electrons. The summed E-state index contributed by atoms with van der Waals surface area (Å²) in [4.78, 5) is 23.7. The summed E-state index contributed by atoms with van der Waals surface area (Å²) in [5.74, 6) is -1.52. The summed E-state index contributed by atoms with van der Waals surface area (Å²) in [6.07, 6.45) is 0. The van der Waals surface area contributed by atoms with E-state index >= 15 is 0 Å². The molecule has 23 heavy (non-hydrogen) atoms. The normalized spacial score (nSPS) is 13.7. The van der Waals surface area contributed by atoms with E-state index in [0.717, 1.165) is 21.1 Å². The third kappa shape index (κ3) is 3.40. The second-order valence-corrected chi connectivity index (χ2v) is 6.41. The zero-order chi connectivity index (χ0) is 17.2. The molecule has 7 heteroatoms. The summed E-state index contributed by atoms with van der Waals surface area (Å²) in [6.45, 7) is 3.25. The number of aliphatic carboxylic acids is 1. The van der Waals surface area contributed by atoms with E-state index in [0.29, 0.717) is 0 Å². The fraction of sp³-hybridized carbons (Fsp3) is 0.375. The number of hydrogen-bond donors (Lipinski definition) is 2. The molecule has 1 aromatic heterocycles. The summed E-state index contributed by atoms with van der Waals surface area (Å²) in [5.41, 5.74) is 0.362. The highest BCUT2D eigenvalue weighted by Gasteiger charge is 2.35. The van der Waals surface area contributed by atoms with Crippen LogP contribution in [0.5, 0.6) is 0 Å². The molecule has 0 saturated carbocycles. The first kappa shape index (κ1) is 17.5. The number of halogens is 1. The van der Waals surface area contributed by atoms with Gasteiger partial charge < -0.3 is 19.7 Å². The number of rotatable bonds is 6. The predicted octanol–water partition coefficient (Wildman–Crippen LogP) is 2.32. The molecule has 0 fully saturated rings. The van der Waals surface area contributed by atoms with Crippen LogP contribution in [0.1, 0.15) is 12.6 Å². The van der Waals surface area contributed by atoms with Crippen molar-refractivity contribution >= 4 is 38.7 Å². The summed E-state index contributed by atoms with van der Waals surface area (Å²) < 4.78 is 7.69. The highest BCUT2D eigenvalue weighted by molar-refractivity contribution is 9.10. The van der Waals surface area contributed by atoms with Crippen LogP contribution in [0.15, 0.2) is 28.7 Å². The van der Waals surface area contributed by atoms with Crippen molar-refractivity contribution in [3.8, 4) is 0 Å². The van der Waals surface area contributed by atoms with Crippen LogP contribution in [0.3, 0.4) is 0 Å². The largest absolute Gasteiger partial charge is 0.479 e. The van der Waals surface area contributed by atoms with Crippen molar-refractivity contribution in [3.63, 3.8) is 0 Å². The Bertz CT molecular complexity index is 756. The Kier molecular flexibility index (Phi) is 5.11. The van der Waals surface area contributed by atoms with E-state index in [1.54, 1.807) is 0 Å². The number of methoxy groups -OCH3 is 1. The maximum absolute atomic E-state index is 12.3. The minimum Gasteiger partial charge on any atom is -0.479 e. The van der Waals surface area contributed by atoms with Gasteiger partial charge in [-0.05, 0) is 35.8 Å². The van der Waals surface area contributed by atoms with Gasteiger partial charge in [-0.15, -0.1) is 0 Å². The molecular formula is C16H19BrN2O4. The Hall–Kier alpha value is -1.86. The van der Waals surface area contributed by atoms with E-state index in [-0.39, 0.29) is 19.1 Å². The van der Waals surface area contributed by atoms with Crippen molar-refractivity contribution in [3.05, 3.63) is 34.4 Å². The molecule has 124 valence electrons. The lowest BCUT2D eigenvalue weighted by Gasteiger charge is -2.25. The minimum absolute atomic E-state index is 0.0323. The maximum Gasteiger partial charge on any atom is 0.331 e. The number of fused-ring (bicyclic) bond motifs is 1. The van der Waals surface area contributed by atoms with E-state index in [2.05, 4.69) is 21.2 Å². The first-order chi connectivity index (χ1) is 10.8. The molecular weight excluding hydrogens is 364 g/mol. The Morgan fingerprint density at radius 2 is 2.04 bits per heavy atom. The standard InChI is InChI=1S/C16H19BrN2O4/c1-10-14(17)11-6-4-5-7-12(11)19(10)8-13(20)18-16(2,9-23-3)15(21)22/h4-7H,8-9H2,1-3H3,(H,18,20)(H,21,22). The van der Waals surface area contributed by atoms with E-state index in [4.69, 9.17) is 4.74 Å². The molecule has 0 aliphatic heterocycles. The van der Waals surface area contributed by atoms with Gasteiger partial charge in [-0.3, -0.25) is 4.79 Å². The third-order valence-electron chi connectivity index (χ3n) is 3.78. The Morgan fingerprint density at radius 3 is 2.65 bits per heavy atom. The van der Waals surface area contributed by atoms with E-state index in [1.807, 2.05) is 35.8 Å². The number of carbonyl (C=O) groups is 2. The second kappa shape index (κ2) is 6.72. The minimum atomic E-state index is -1.46. The number of benzene rings is 1. The summed E-state index contributed by atoms with van der Waals surface area (Å²) >= 11 is 3.53. The zero-order valence-corrected chi connectivity index (χ0v) is 14.8. The van der Waals surface area contributed by atoms with Crippen molar-refractivity contribution in [2.24, 2.45) is 0 Å². The molecule has 1 heterocycles. The van der Waals surface area contributed by atoms with E-state index < -0.39 is 11.5 Å². The Balaban J connectivity index is 2.27. The molecule has 1 atom stereocenters. The number of amides is 1. The topological polar surface area (TPSA) is 80.6 Å². The Morgan fingerprint density at radius 1 is 1.39 bits per heavy atom. The molecule has 0 aliphatic rings. The number of para-hydroxylation sites is 1. The number of hydrogen-bond acceptors (Lipinski definition) is 3. The number of aromatic nitrogens is 1. The van der Waals surface area contributed by atoms with Crippen molar-refractivity contribution in [1.82, 2.24) is 9.88 Å². The van der Waals surface area contributed by atoms with Crippen molar-refractivity contribution in [2.45, 2.75) is 25.9 Å². The second-order valence-electron chi connectivity index (χ2n) is 5.62. The average molecular weight is 383 g/mol. The summed E-state index contributed by atoms with van der Waals surface area (Å²) in [5, 5.41) is 12.9. The van der Waals surface area contributed by atoms with Gasteiger partial charge in [0, 0.05) is 28.2 Å². The zero-order valence-electron chi connectivity index (χ0n) is 13.2. The third-order valence-corrected chi connectivity index (χ3v) is 4.78. The number of nitrogens with zero attached hydrogens (tertiary/aromatic N) is 1. The number of carboxylic acids is 1. The molecule has 1 aromatic carbocycles. The molecule has 0 aliphatic carbocycles. The quantitative estimate of drug-likeness (QED) is 0.803. The molecule has 2 rings (SSSR count). The molecule has 0 spiro atoms. The lowest BCUT2D eigenvalue weighted by molar-refractivity contribution is -0.149. The summed E-state index contributed by atoms with van der Waals surface area (Å²) in [7, 11) is 1.40. The number of nitrogens with one attached hydrogen (secondary N) is 1. The van der Waals surface area contributed by atoms with Gasteiger partial charge in [0.1, 0.15) is 6.54 Å². The van der Waals surface area contributed by atoms with Crippen LogP contribution in [0, 0.1) is 6.92 Å². The van der Waals surface area contributed by atoms with Gasteiger partial charge in [0.05, 0.1) is 6.61 Å². The van der Waals surface area contributed by atoms with Gasteiger partial charge in [-0.25, -0.2) is 4.79 Å². The monoisotopic (exact) mass is 382 g/mol. The van der Waals surface area contributed by atoms with Crippen LogP contribution in [0.25, 0.3) is 10.9 Å². The highest BCUT2D eigenvalue weighted by Crippen LogP contribution is 2.30. The van der Waals surface area contributed by atoms with Gasteiger partial charge in [-0.2, -0.15) is 0 Å². The molecule has 2 aromatic rings. The first-order valence-electron chi connectivity index (χ1n) is 7.07. The Labute approximate surface area is 142 Å². The van der Waals surface area contributed by atoms with Crippen LogP contribution in [0.4, 0.5) is 0 Å². The van der Waals surface area contributed by atoms with Crippen LogP contribution in [0.2, 0.25) is 0 Å². The van der Waals surface area contributed by atoms with E-state index in [9.17, 15) is 14.7 Å². The van der Waals surface area contributed by atoms with Crippen LogP contribution < -0.4 is 5.32 Å². The predicted molar refractivity (Wildman–Crippen MR) is 90.4 cm³/mol. The van der Waals surface area contributed by atoms with Gasteiger partial charge >= 0.3 is 5.97 Å². The molecule has 0 saturated heterocycles. The fourth-order valence-electron chi connectivity index (χ4n) is 2.52. The molecule has 6 nitrogen and oxygen atoms in total. The first-order valence-corrected chi connectivity index (χ1v) is 7.86. The number of ether oxygens (including phenoxy) is 1. The smallest absolute Gasteiger partial charge is 0.331 e. The van der Waals surface area contributed by atoms with Crippen LogP contribution in [-0.2, 0) is 20.9 Å². The lowest BCUT2D eigenvalue weighted by atomic mass is 10.0. The molecule has 2 N–H and O–H groups in total. The van der Waals surface area contributed by atoms with Gasteiger partial charge in [0.25, 0.3) is 0 Å². The number of carboxylic acid groups (broad SMARTS) is 1.